The van der Waals surface area contributed by atoms with Gasteiger partial charge in [0.15, 0.2) is 0 Å². The molecule has 1 aliphatic rings. The van der Waals surface area contributed by atoms with Crippen molar-refractivity contribution in [2.45, 2.75) is 23.7 Å². The molecule has 0 saturated heterocycles. The third kappa shape index (κ3) is 2.02. The smallest absolute Gasteiger partial charge is 0.258 e. The maximum Gasteiger partial charge on any atom is 0.263 e. The highest BCUT2D eigenvalue weighted by molar-refractivity contribution is 8.13. The van der Waals surface area contributed by atoms with Gasteiger partial charge in [-0.25, -0.2) is 8.42 Å². The van der Waals surface area contributed by atoms with Gasteiger partial charge in [0.25, 0.3) is 9.05 Å². The van der Waals surface area contributed by atoms with Crippen molar-refractivity contribution in [2.24, 2.45) is 0 Å². The molecule has 0 unspecified atom stereocenters. The fourth-order valence-electron chi connectivity index (χ4n) is 1.29. The molecular weight excluding hydrogens is 245 g/mol. The highest BCUT2D eigenvalue weighted by Gasteiger charge is 2.31. The lowest BCUT2D eigenvalue weighted by Gasteiger charge is -2.03. The maximum absolute atomic E-state index is 11.2. The molecular formula is C8H7Cl2NO2S. The first-order chi connectivity index (χ1) is 6.48. The molecule has 1 aromatic heterocycles. The normalized spacial score (nSPS) is 17.0. The van der Waals surface area contributed by atoms with E-state index in [0.717, 1.165) is 12.8 Å². The average molecular weight is 252 g/mol. The van der Waals surface area contributed by atoms with E-state index in [4.69, 9.17) is 22.3 Å². The predicted octanol–water partition coefficient (Wildman–Crippen LogP) is 2.54. The first-order valence-corrected chi connectivity index (χ1v) is 6.77. The second-order valence-electron chi connectivity index (χ2n) is 3.25. The lowest BCUT2D eigenvalue weighted by Crippen LogP contribution is -1.99. The SMILES string of the molecule is O=S(=O)(Cl)c1cc(Cl)cnc1C1CC1. The van der Waals surface area contributed by atoms with Crippen molar-refractivity contribution in [3.8, 4) is 0 Å². The van der Waals surface area contributed by atoms with E-state index >= 15 is 0 Å². The molecule has 0 radical (unpaired) electrons. The fraction of sp³-hybridized carbons (Fsp3) is 0.375. The molecule has 1 saturated carbocycles. The Morgan fingerprint density at radius 1 is 1.43 bits per heavy atom. The minimum absolute atomic E-state index is 0.0502. The van der Waals surface area contributed by atoms with E-state index in [1.807, 2.05) is 0 Å². The van der Waals surface area contributed by atoms with E-state index in [-0.39, 0.29) is 15.8 Å². The van der Waals surface area contributed by atoms with Crippen LogP contribution in [-0.2, 0) is 9.05 Å². The van der Waals surface area contributed by atoms with Crippen molar-refractivity contribution in [2.75, 3.05) is 0 Å². The number of hydrogen-bond acceptors (Lipinski definition) is 3. The first kappa shape index (κ1) is 10.2. The van der Waals surface area contributed by atoms with Crippen molar-refractivity contribution in [3.05, 3.63) is 23.0 Å². The Labute approximate surface area is 91.5 Å². The maximum atomic E-state index is 11.2. The van der Waals surface area contributed by atoms with Crippen LogP contribution < -0.4 is 0 Å². The number of hydrogen-bond donors (Lipinski definition) is 0. The number of nitrogens with zero attached hydrogens (tertiary/aromatic N) is 1. The van der Waals surface area contributed by atoms with Gasteiger partial charge in [-0.15, -0.1) is 0 Å². The fourth-order valence-corrected chi connectivity index (χ4v) is 2.62. The van der Waals surface area contributed by atoms with Crippen LogP contribution in [0.3, 0.4) is 0 Å². The minimum atomic E-state index is -3.74. The summed E-state index contributed by atoms with van der Waals surface area (Å²) in [5.41, 5.74) is 0.546. The Hall–Kier alpha value is -0.320. The van der Waals surface area contributed by atoms with Crippen LogP contribution in [0.4, 0.5) is 0 Å². The molecule has 76 valence electrons. The molecule has 1 aliphatic carbocycles. The van der Waals surface area contributed by atoms with Gasteiger partial charge < -0.3 is 0 Å². The molecule has 1 fully saturated rings. The van der Waals surface area contributed by atoms with Crippen LogP contribution in [0.25, 0.3) is 0 Å². The van der Waals surface area contributed by atoms with Gasteiger partial charge >= 0.3 is 0 Å². The monoisotopic (exact) mass is 251 g/mol. The summed E-state index contributed by atoms with van der Waals surface area (Å²) in [6.07, 6.45) is 3.38. The minimum Gasteiger partial charge on any atom is -0.258 e. The van der Waals surface area contributed by atoms with Crippen molar-refractivity contribution >= 4 is 31.3 Å². The molecule has 0 bridgehead atoms. The zero-order valence-electron chi connectivity index (χ0n) is 7.07. The molecule has 1 heterocycles. The third-order valence-corrected chi connectivity index (χ3v) is 3.63. The summed E-state index contributed by atoms with van der Waals surface area (Å²) >= 11 is 5.66. The number of halogens is 2. The zero-order chi connectivity index (χ0) is 10.3. The van der Waals surface area contributed by atoms with Crippen molar-refractivity contribution in [3.63, 3.8) is 0 Å². The number of pyridine rings is 1. The number of aromatic nitrogens is 1. The summed E-state index contributed by atoms with van der Waals surface area (Å²) in [6, 6.07) is 1.35. The van der Waals surface area contributed by atoms with Crippen LogP contribution in [0.5, 0.6) is 0 Å². The zero-order valence-corrected chi connectivity index (χ0v) is 9.40. The summed E-state index contributed by atoms with van der Waals surface area (Å²) in [6.45, 7) is 0. The van der Waals surface area contributed by atoms with Gasteiger partial charge in [-0.2, -0.15) is 0 Å². The molecule has 0 N–H and O–H groups in total. The Balaban J connectivity index is 2.59. The van der Waals surface area contributed by atoms with Crippen LogP contribution >= 0.6 is 22.3 Å². The highest BCUT2D eigenvalue weighted by atomic mass is 35.7. The Morgan fingerprint density at radius 3 is 2.57 bits per heavy atom. The highest BCUT2D eigenvalue weighted by Crippen LogP contribution is 2.42. The van der Waals surface area contributed by atoms with Crippen molar-refractivity contribution in [1.82, 2.24) is 4.98 Å². The quantitative estimate of drug-likeness (QED) is 0.760. The topological polar surface area (TPSA) is 47.0 Å². The lowest BCUT2D eigenvalue weighted by atomic mass is 10.2. The summed E-state index contributed by atoms with van der Waals surface area (Å²) in [5, 5.41) is 0.286. The standard InChI is InChI=1S/C8H7Cl2NO2S/c9-6-3-7(14(10,12)13)8(11-4-6)5-1-2-5/h3-5H,1-2H2. The Bertz CT molecular complexity index is 468. The summed E-state index contributed by atoms with van der Waals surface area (Å²) in [7, 11) is 1.55. The van der Waals surface area contributed by atoms with Gasteiger partial charge in [-0.1, -0.05) is 11.6 Å². The predicted molar refractivity (Wildman–Crippen MR) is 54.3 cm³/mol. The van der Waals surface area contributed by atoms with Gasteiger partial charge in [0.05, 0.1) is 10.7 Å². The molecule has 3 nitrogen and oxygen atoms in total. The van der Waals surface area contributed by atoms with Gasteiger partial charge in [-0.05, 0) is 18.9 Å². The molecule has 0 aliphatic heterocycles. The molecule has 0 atom stereocenters. The van der Waals surface area contributed by atoms with Crippen LogP contribution in [0.15, 0.2) is 17.2 Å². The first-order valence-electron chi connectivity index (χ1n) is 4.08. The lowest BCUT2D eigenvalue weighted by molar-refractivity contribution is 0.607. The molecule has 1 aromatic rings. The average Bonchev–Trinajstić information content (AvgIpc) is 2.85. The van der Waals surface area contributed by atoms with E-state index in [1.165, 1.54) is 12.3 Å². The van der Waals surface area contributed by atoms with E-state index in [2.05, 4.69) is 4.98 Å². The Kier molecular flexibility index (Phi) is 2.45. The summed E-state index contributed by atoms with van der Waals surface area (Å²) < 4.78 is 22.4. The van der Waals surface area contributed by atoms with E-state index in [0.29, 0.717) is 5.69 Å². The van der Waals surface area contributed by atoms with Crippen LogP contribution in [0.1, 0.15) is 24.5 Å². The molecule has 0 amide bonds. The van der Waals surface area contributed by atoms with Crippen molar-refractivity contribution in [1.29, 1.82) is 0 Å². The summed E-state index contributed by atoms with van der Waals surface area (Å²) in [5.74, 6) is 0.232. The second kappa shape index (κ2) is 3.36. The van der Waals surface area contributed by atoms with Crippen LogP contribution in [-0.4, -0.2) is 13.4 Å². The number of rotatable bonds is 2. The van der Waals surface area contributed by atoms with Gasteiger partial charge in [0.2, 0.25) is 0 Å². The largest absolute Gasteiger partial charge is 0.263 e. The van der Waals surface area contributed by atoms with E-state index in [9.17, 15) is 8.42 Å². The van der Waals surface area contributed by atoms with E-state index < -0.39 is 9.05 Å². The second-order valence-corrected chi connectivity index (χ2v) is 6.22. The molecule has 14 heavy (non-hydrogen) atoms. The molecule has 6 heteroatoms. The third-order valence-electron chi connectivity index (χ3n) is 2.08. The molecule has 0 spiro atoms. The van der Waals surface area contributed by atoms with Crippen molar-refractivity contribution < 1.29 is 8.42 Å². The van der Waals surface area contributed by atoms with Crippen LogP contribution in [0, 0.1) is 0 Å². The Morgan fingerprint density at radius 2 is 2.07 bits per heavy atom. The molecule has 0 aromatic carbocycles. The van der Waals surface area contributed by atoms with Crippen LogP contribution in [0.2, 0.25) is 5.02 Å². The van der Waals surface area contributed by atoms with E-state index in [1.54, 1.807) is 0 Å². The van der Waals surface area contributed by atoms with Gasteiger partial charge in [0.1, 0.15) is 4.90 Å². The van der Waals surface area contributed by atoms with Gasteiger partial charge in [0, 0.05) is 22.8 Å². The summed E-state index contributed by atoms with van der Waals surface area (Å²) in [4.78, 5) is 4.06. The molecule has 2 rings (SSSR count). The van der Waals surface area contributed by atoms with Gasteiger partial charge in [-0.3, -0.25) is 4.98 Å².